The maximum atomic E-state index is 12.6. The van der Waals surface area contributed by atoms with Gasteiger partial charge in [0.15, 0.2) is 0 Å². The number of hydrazine groups is 1. The molecule has 158 valence electrons. The first kappa shape index (κ1) is 27.4. The maximum absolute atomic E-state index is 12.6. The molecule has 0 aromatic heterocycles. The molecule has 0 radical (unpaired) electrons. The average Bonchev–Trinajstić information content (AvgIpc) is 2.87. The number of nitrogens with zero attached hydrogens (tertiary/aromatic N) is 2. The fourth-order valence-electron chi connectivity index (χ4n) is 3.08. The van der Waals surface area contributed by atoms with Crippen molar-refractivity contribution in [2.45, 2.75) is 46.4 Å². The largest absolute Gasteiger partial charge is 0.274 e. The Bertz CT molecular complexity index is 820. The summed E-state index contributed by atoms with van der Waals surface area (Å²) < 4.78 is 0. The summed E-state index contributed by atoms with van der Waals surface area (Å²) in [6.07, 6.45) is 0. The smallest absolute Gasteiger partial charge is 0.270 e. The topological polar surface area (TPSA) is 40.6 Å². The van der Waals surface area contributed by atoms with Crippen LogP contribution >= 0.6 is 11.6 Å². The van der Waals surface area contributed by atoms with E-state index in [-0.39, 0.29) is 21.1 Å². The molecule has 1 fully saturated rings. The van der Waals surface area contributed by atoms with Gasteiger partial charge in [0.1, 0.15) is 0 Å². The van der Waals surface area contributed by atoms with Crippen LogP contribution in [0.15, 0.2) is 36.4 Å². The Kier molecular flexibility index (Phi) is 10.9. The quantitative estimate of drug-likeness (QED) is 0.280. The molecule has 2 aromatic rings. The Labute approximate surface area is 194 Å². The molecule has 0 N–H and O–H groups in total. The number of halogens is 1. The van der Waals surface area contributed by atoms with E-state index in [4.69, 9.17) is 11.6 Å². The Morgan fingerprint density at radius 1 is 0.862 bits per heavy atom. The van der Waals surface area contributed by atoms with Crippen LogP contribution in [0.25, 0.3) is 11.1 Å². The minimum Gasteiger partial charge on any atom is -0.270 e. The number of rotatable bonds is 2. The van der Waals surface area contributed by atoms with Gasteiger partial charge in [0.2, 0.25) is 4.87 Å². The number of amides is 2. The normalized spacial score (nSPS) is 14.4. The van der Waals surface area contributed by atoms with Crippen molar-refractivity contribution in [3.8, 4) is 11.1 Å². The summed E-state index contributed by atoms with van der Waals surface area (Å²) in [4.78, 5) is 23.5. The maximum Gasteiger partial charge on any atom is 0.274 e. The number of carbonyl (C=O) groups is 2. The van der Waals surface area contributed by atoms with Gasteiger partial charge in [0, 0.05) is 35.2 Å². The van der Waals surface area contributed by atoms with Gasteiger partial charge in [-0.05, 0) is 0 Å². The Balaban J connectivity index is 0.00000148. The van der Waals surface area contributed by atoms with Crippen LogP contribution in [0.5, 0.6) is 0 Å². The number of hydrogen-bond donors (Lipinski definition) is 0. The molecule has 29 heavy (non-hydrogen) atoms. The third-order valence-corrected chi connectivity index (χ3v) is 5.02. The van der Waals surface area contributed by atoms with E-state index in [9.17, 15) is 9.59 Å². The van der Waals surface area contributed by atoms with E-state index in [0.717, 1.165) is 22.3 Å². The minimum absolute atomic E-state index is 0. The van der Waals surface area contributed by atoms with Crippen molar-refractivity contribution in [2.75, 3.05) is 14.1 Å². The van der Waals surface area contributed by atoms with Crippen LogP contribution in [0.1, 0.15) is 44.4 Å². The van der Waals surface area contributed by atoms with Crippen molar-refractivity contribution < 1.29 is 30.7 Å². The molecule has 0 aliphatic carbocycles. The molecule has 1 heterocycles. The minimum atomic E-state index is -1.76. The Morgan fingerprint density at radius 2 is 1.31 bits per heavy atom. The van der Waals surface area contributed by atoms with Crippen molar-refractivity contribution in [2.24, 2.45) is 0 Å². The molecule has 1 saturated heterocycles. The molecule has 1 aliphatic rings. The van der Waals surface area contributed by atoms with Crippen LogP contribution < -0.4 is 0 Å². The molecule has 0 spiro atoms. The molecular formula is C23H30ClN2O2W-. The third-order valence-electron chi connectivity index (χ3n) is 4.51. The summed E-state index contributed by atoms with van der Waals surface area (Å²) in [7, 11) is 3.07. The molecule has 0 atom stereocenters. The van der Waals surface area contributed by atoms with E-state index in [1.54, 1.807) is 0 Å². The van der Waals surface area contributed by atoms with E-state index < -0.39 is 16.7 Å². The third kappa shape index (κ3) is 4.92. The van der Waals surface area contributed by atoms with Crippen molar-refractivity contribution in [1.29, 1.82) is 0 Å². The van der Waals surface area contributed by atoms with Gasteiger partial charge in [-0.3, -0.25) is 19.6 Å². The van der Waals surface area contributed by atoms with Gasteiger partial charge in [0.05, 0.1) is 0 Å². The fraction of sp³-hybridized carbons (Fsp3) is 0.391. The standard InChI is InChI=1S/C19H18ClN2O2.2C2H6.W/c1-12-10-13(2)16(11-15(12)14-8-6-5-7-9-14)19(20)17(23)21(3)22(4)18(19)24;2*1-2;/h5-10H,1-4H3;2*1-2H3;/q-1;;;. The molecule has 6 heteroatoms. The van der Waals surface area contributed by atoms with Crippen molar-refractivity contribution in [3.05, 3.63) is 59.2 Å². The second-order valence-electron chi connectivity index (χ2n) is 6.07. The van der Waals surface area contributed by atoms with Gasteiger partial charge in [-0.25, -0.2) is 0 Å². The molecule has 2 aromatic carbocycles. The van der Waals surface area contributed by atoms with Crippen LogP contribution in [0.2, 0.25) is 0 Å². The van der Waals surface area contributed by atoms with Crippen LogP contribution in [-0.2, 0) is 35.5 Å². The number of likely N-dealkylation sites (N-methyl/N-ethyl adjacent to an activating group) is 2. The molecule has 2 amide bonds. The molecule has 4 nitrogen and oxygen atoms in total. The zero-order valence-corrected chi connectivity index (χ0v) is 22.2. The van der Waals surface area contributed by atoms with E-state index in [1.165, 1.54) is 24.1 Å². The number of carbonyl (C=O) groups excluding carboxylic acids is 2. The van der Waals surface area contributed by atoms with Crippen molar-refractivity contribution >= 4 is 23.4 Å². The van der Waals surface area contributed by atoms with Gasteiger partial charge in [-0.1, -0.05) is 94.6 Å². The second kappa shape index (κ2) is 11.5. The zero-order chi connectivity index (χ0) is 21.6. The molecule has 1 aliphatic heterocycles. The number of alkyl halides is 1. The summed E-state index contributed by atoms with van der Waals surface area (Å²) in [6, 6.07) is 14.9. The molecule has 0 saturated carbocycles. The van der Waals surface area contributed by atoms with Gasteiger partial charge in [0.25, 0.3) is 11.8 Å². The van der Waals surface area contributed by atoms with Crippen LogP contribution in [0.3, 0.4) is 0 Å². The average molecular weight is 586 g/mol. The van der Waals surface area contributed by atoms with Gasteiger partial charge >= 0.3 is 0 Å². The fourth-order valence-corrected chi connectivity index (χ4v) is 3.52. The predicted molar refractivity (Wildman–Crippen MR) is 116 cm³/mol. The summed E-state index contributed by atoms with van der Waals surface area (Å²) in [5.74, 6) is -0.919. The van der Waals surface area contributed by atoms with Gasteiger partial charge < -0.3 is 0 Å². The number of benzene rings is 2. The first-order chi connectivity index (χ1) is 13.3. The van der Waals surface area contributed by atoms with Gasteiger partial charge in [-0.2, -0.15) is 0 Å². The molecule has 0 bridgehead atoms. The Hall–Kier alpha value is -1.64. The van der Waals surface area contributed by atoms with E-state index >= 15 is 0 Å². The second-order valence-corrected chi connectivity index (χ2v) is 6.63. The van der Waals surface area contributed by atoms with Crippen LogP contribution in [-0.4, -0.2) is 35.9 Å². The van der Waals surface area contributed by atoms with Crippen molar-refractivity contribution in [3.63, 3.8) is 0 Å². The summed E-state index contributed by atoms with van der Waals surface area (Å²) in [6.45, 7) is 11.8. The van der Waals surface area contributed by atoms with Crippen LogP contribution in [0.4, 0.5) is 0 Å². The summed E-state index contributed by atoms with van der Waals surface area (Å²) >= 11 is 6.59. The van der Waals surface area contributed by atoms with E-state index in [2.05, 4.69) is 6.07 Å². The SMILES string of the molecule is CC.CC.Cc1cc(C)c(C2(Cl)C(=O)N(C)N(C)C2=O)[c-]c1-c1ccccc1.[W]. The first-order valence-corrected chi connectivity index (χ1v) is 10.0. The first-order valence-electron chi connectivity index (χ1n) is 9.63. The predicted octanol–water partition coefficient (Wildman–Crippen LogP) is 5.10. The van der Waals surface area contributed by atoms with E-state index in [1.807, 2.05) is 77.9 Å². The molecule has 3 rings (SSSR count). The van der Waals surface area contributed by atoms with Crippen molar-refractivity contribution in [1.82, 2.24) is 10.0 Å². The number of hydrogen-bond acceptors (Lipinski definition) is 2. The monoisotopic (exact) mass is 585 g/mol. The molecule has 0 unspecified atom stereocenters. The zero-order valence-electron chi connectivity index (χ0n) is 18.5. The van der Waals surface area contributed by atoms with Crippen LogP contribution in [0, 0.1) is 19.9 Å². The van der Waals surface area contributed by atoms with Gasteiger partial charge in [-0.15, -0.1) is 28.8 Å². The number of aryl methyl sites for hydroxylation is 2. The Morgan fingerprint density at radius 3 is 1.76 bits per heavy atom. The van der Waals surface area contributed by atoms with E-state index in [0.29, 0.717) is 5.56 Å². The molecular weight excluding hydrogens is 556 g/mol. The summed E-state index contributed by atoms with van der Waals surface area (Å²) in [5.41, 5.74) is 4.01. The summed E-state index contributed by atoms with van der Waals surface area (Å²) in [5, 5.41) is 2.48.